The number of nitrogens with one attached hydrogen (secondary N) is 10. The largest absolute Gasteiger partial charge is 0.472 e. The summed E-state index contributed by atoms with van der Waals surface area (Å²) in [6.07, 6.45) is 42.6. The van der Waals surface area contributed by atoms with Crippen molar-refractivity contribution in [2.24, 2.45) is 11.3 Å². The average molecular weight is 1880 g/mol. The molecule has 0 unspecified atom stereocenters. The molecule has 20 aromatic heterocycles. The number of aromatic nitrogens is 24. The SMILES string of the molecule is CC(C)(C)CC(=O)Nc1cncc(-c2ccc3[nH]nc(-c4nc5c(-c6ccsc6)cncc5[nH]4)c3c2)c1.c1cc(-c2cncc3[nH]c(-c4n[nH]c5ccc(-c6cncc(CN7CCCCC7)c6)cc45)nc23)cs1.c1cc(-c2cncc3[nH]c(-c4n[nH]c5ccc(-c6cncc(CNCC7CCCC7)c6)cc45)nc23)cs1.c1cncc(-c2ccc3[nH]nc(-c4nc5c(-c6ccoc6)cncc5[nH]4)c3c2)c1. The maximum atomic E-state index is 12.4. The van der Waals surface area contributed by atoms with Crippen LogP contribution < -0.4 is 10.6 Å². The van der Waals surface area contributed by atoms with Crippen molar-refractivity contribution in [3.05, 3.63) is 282 Å². The number of anilines is 1. The van der Waals surface area contributed by atoms with Crippen molar-refractivity contribution in [3.63, 3.8) is 0 Å². The van der Waals surface area contributed by atoms with Gasteiger partial charge in [0.05, 0.1) is 93.3 Å². The lowest BCUT2D eigenvalue weighted by molar-refractivity contribution is -0.117. The number of pyridine rings is 8. The molecule has 26 rings (SSSR count). The van der Waals surface area contributed by atoms with Crippen LogP contribution in [0.3, 0.4) is 0 Å². The van der Waals surface area contributed by atoms with Crippen LogP contribution in [0.2, 0.25) is 0 Å². The molecule has 0 spiro atoms. The number of amides is 1. The van der Waals surface area contributed by atoms with E-state index < -0.39 is 0 Å². The molecular weight excluding hydrogens is 1790 g/mol. The van der Waals surface area contributed by atoms with Crippen LogP contribution in [0.4, 0.5) is 5.69 Å². The smallest absolute Gasteiger partial charge is 0.224 e. The van der Waals surface area contributed by atoms with E-state index in [2.05, 4.69) is 228 Å². The third-order valence-corrected chi connectivity index (χ3v) is 27.5. The summed E-state index contributed by atoms with van der Waals surface area (Å²) in [4.78, 5) is 83.5. The number of fused-ring (bicyclic) bond motifs is 8. The molecule has 24 aromatic rings. The second-order valence-corrected chi connectivity index (χ2v) is 38.7. The first-order valence-corrected chi connectivity index (χ1v) is 49.0. The van der Waals surface area contributed by atoms with Crippen molar-refractivity contribution in [1.29, 1.82) is 0 Å². The molecule has 4 aromatic carbocycles. The fourth-order valence-corrected chi connectivity index (χ4v) is 20.5. The maximum absolute atomic E-state index is 12.4. The highest BCUT2D eigenvalue weighted by molar-refractivity contribution is 7.08. The lowest BCUT2D eigenvalue weighted by atomic mass is 9.92. The number of aromatic amines is 8. The Hall–Kier alpha value is -16.4. The van der Waals surface area contributed by atoms with Crippen LogP contribution in [0.1, 0.15) is 83.3 Å². The zero-order valence-electron chi connectivity index (χ0n) is 75.9. The number of carbonyl (C=O) groups is 1. The minimum atomic E-state index is -0.0883. The molecule has 0 atom stereocenters. The Bertz CT molecular complexity index is 8500. The molecule has 2 fully saturated rings. The van der Waals surface area contributed by atoms with Gasteiger partial charge in [-0.15, -0.1) is 0 Å². The summed E-state index contributed by atoms with van der Waals surface area (Å²) in [5.41, 5.74) is 33.6. The Morgan fingerprint density at radius 1 is 0.396 bits per heavy atom. The molecule has 32 heteroatoms. The first-order valence-electron chi connectivity index (χ1n) is 46.2. The predicted molar refractivity (Wildman–Crippen MR) is 552 cm³/mol. The molecule has 21 heterocycles. The lowest BCUT2D eigenvalue weighted by Gasteiger charge is -2.26. The van der Waals surface area contributed by atoms with Gasteiger partial charge in [0, 0.05) is 159 Å². The van der Waals surface area contributed by atoms with Gasteiger partial charge in [-0.1, -0.05) is 70.4 Å². The van der Waals surface area contributed by atoms with Crippen molar-refractivity contribution in [2.45, 2.75) is 85.2 Å². The molecule has 1 saturated carbocycles. The minimum absolute atomic E-state index is 0.0276. The Labute approximate surface area is 806 Å². The van der Waals surface area contributed by atoms with Crippen LogP contribution in [0.5, 0.6) is 0 Å². The van der Waals surface area contributed by atoms with Crippen molar-refractivity contribution < 1.29 is 9.21 Å². The summed E-state index contributed by atoms with van der Waals surface area (Å²) < 4.78 is 5.22. The summed E-state index contributed by atoms with van der Waals surface area (Å²) in [6, 6.07) is 43.6. The van der Waals surface area contributed by atoms with Crippen molar-refractivity contribution in [2.75, 3.05) is 25.0 Å². The van der Waals surface area contributed by atoms with Crippen LogP contribution in [-0.2, 0) is 17.9 Å². The fraction of sp³-hybridized carbons (Fsp3) is 0.168. The molecular formula is C107H91N27O2S3. The second kappa shape index (κ2) is 38.1. The summed E-state index contributed by atoms with van der Waals surface area (Å²) in [7, 11) is 0. The van der Waals surface area contributed by atoms with Gasteiger partial charge in [-0.3, -0.25) is 70.0 Å². The number of furan rings is 1. The van der Waals surface area contributed by atoms with Crippen LogP contribution >= 0.6 is 34.0 Å². The molecule has 1 amide bonds. The normalized spacial score (nSPS) is 13.1. The Morgan fingerprint density at radius 3 is 1.22 bits per heavy atom. The van der Waals surface area contributed by atoms with Crippen LogP contribution in [0, 0.1) is 11.3 Å². The summed E-state index contributed by atoms with van der Waals surface area (Å²) in [6.45, 7) is 11.4. The molecule has 10 N–H and O–H groups in total. The van der Waals surface area contributed by atoms with E-state index in [0.29, 0.717) is 23.8 Å². The number of piperidine rings is 1. The van der Waals surface area contributed by atoms with Gasteiger partial charge >= 0.3 is 0 Å². The van der Waals surface area contributed by atoms with E-state index in [0.717, 1.165) is 237 Å². The van der Waals surface area contributed by atoms with Gasteiger partial charge in [0.25, 0.3) is 0 Å². The zero-order valence-corrected chi connectivity index (χ0v) is 78.3. The predicted octanol–water partition coefficient (Wildman–Crippen LogP) is 24.3. The molecule has 2 aliphatic rings. The number of hydrogen-bond acceptors (Lipinski definition) is 23. The number of benzene rings is 4. The van der Waals surface area contributed by atoms with Crippen LogP contribution in [0.15, 0.2) is 276 Å². The van der Waals surface area contributed by atoms with Gasteiger partial charge < -0.3 is 35.0 Å². The maximum Gasteiger partial charge on any atom is 0.224 e. The standard InChI is InChI=1S/C29H27N7S.C28H25N7OS.C28H25N7S.C22H14N6O/c1-2-4-18(3-1)11-30-12-19-9-22(14-31-13-19)20-5-6-25-23(10-20)28(36-35-25)29-33-26-16-32-15-24(27(26)34-29)21-7-8-37-17-21;1-28(2,3)10-24(36)31-19-8-18(11-29-12-19)16-4-5-22-20(9-16)26(35-34-22)27-32-23-14-30-13-21(25(23)33-27)17-6-7-37-15-17;1-2-7-35(8-3-1)16-18-10-21(13-29-12-18)19-4-5-24-22(11-19)27(34-33-24)28-31-25-15-30-14-23(26(25)32-28)20-6-9-36-17-20;1-2-14(9-23-6-1)13-3-4-18-16(8-13)21(28-27-18)22-25-19-11-24-10-17(20(19)26-22)15-5-7-29-12-15/h5-10,13-18,30H,1-4,11-12H2,(H,33,34)(H,35,36);4-9,11-15H,10H2,1-3H3,(H,31,36)(H,32,33)(H,34,35);4-6,9-15,17H,1-3,7-8,16H2,(H,31,32)(H,33,34);1-12H,(H,25,26)(H,27,28). The molecule has 684 valence electrons. The lowest BCUT2D eigenvalue weighted by Crippen LogP contribution is -2.29. The Morgan fingerprint density at radius 2 is 0.806 bits per heavy atom. The summed E-state index contributed by atoms with van der Waals surface area (Å²) in [5.74, 6) is 3.62. The fourth-order valence-electron chi connectivity index (χ4n) is 18.6. The van der Waals surface area contributed by atoms with Crippen LogP contribution in [0.25, 0.3) is 223 Å². The van der Waals surface area contributed by atoms with Crippen molar-refractivity contribution in [1.82, 2.24) is 131 Å². The topological polar surface area (TPSA) is 390 Å². The molecule has 139 heavy (non-hydrogen) atoms. The van der Waals surface area contributed by atoms with E-state index in [4.69, 9.17) is 24.4 Å². The van der Waals surface area contributed by atoms with E-state index in [1.54, 1.807) is 83.7 Å². The van der Waals surface area contributed by atoms with E-state index in [-0.39, 0.29) is 11.3 Å². The van der Waals surface area contributed by atoms with E-state index >= 15 is 0 Å². The zero-order chi connectivity index (χ0) is 93.3. The van der Waals surface area contributed by atoms with Crippen LogP contribution in [-0.4, -0.2) is 151 Å². The van der Waals surface area contributed by atoms with Crippen molar-refractivity contribution >= 4 is 133 Å². The number of likely N-dealkylation sites (tertiary alicyclic amines) is 1. The van der Waals surface area contributed by atoms with Gasteiger partial charge in [0.15, 0.2) is 23.3 Å². The third-order valence-electron chi connectivity index (χ3n) is 25.4. The first-order chi connectivity index (χ1) is 68.3. The molecule has 0 bridgehead atoms. The molecule has 1 aliphatic carbocycles. The quantitative estimate of drug-likeness (QED) is 0.0339. The number of nitrogens with zero attached hydrogens (tertiary/aromatic N) is 17. The average Bonchev–Trinajstić information content (AvgIpc) is 1.64. The highest BCUT2D eigenvalue weighted by Crippen LogP contribution is 2.41. The Kier molecular flexibility index (Phi) is 23.7. The summed E-state index contributed by atoms with van der Waals surface area (Å²) in [5, 5.41) is 54.0. The van der Waals surface area contributed by atoms with Crippen molar-refractivity contribution in [3.8, 4) is 135 Å². The Balaban J connectivity index is 0.000000104. The highest BCUT2D eigenvalue weighted by atomic mass is 32.1. The number of carbonyl (C=O) groups excluding carboxylic acids is 1. The van der Waals surface area contributed by atoms with E-state index in [1.165, 1.54) is 69.2 Å². The number of H-pyrrole nitrogens is 8. The van der Waals surface area contributed by atoms with Gasteiger partial charge in [-0.25, -0.2) is 19.9 Å². The highest BCUT2D eigenvalue weighted by Gasteiger charge is 2.26. The minimum Gasteiger partial charge on any atom is -0.472 e. The molecule has 1 aliphatic heterocycles. The number of imidazole rings is 4. The number of hydrogen-bond donors (Lipinski definition) is 10. The van der Waals surface area contributed by atoms with Gasteiger partial charge in [0.2, 0.25) is 5.91 Å². The van der Waals surface area contributed by atoms with Gasteiger partial charge in [-0.2, -0.15) is 54.4 Å². The molecule has 0 radical (unpaired) electrons. The van der Waals surface area contributed by atoms with E-state index in [1.807, 2.05) is 131 Å². The number of thiophene rings is 3. The van der Waals surface area contributed by atoms with Gasteiger partial charge in [0.1, 0.15) is 44.8 Å². The monoisotopic (exact) mass is 1880 g/mol. The molecule has 29 nitrogen and oxygen atoms in total. The third kappa shape index (κ3) is 18.4. The van der Waals surface area contributed by atoms with E-state index in [9.17, 15) is 4.79 Å². The summed E-state index contributed by atoms with van der Waals surface area (Å²) >= 11 is 4.98. The van der Waals surface area contributed by atoms with Gasteiger partial charge in [-0.05, 0) is 236 Å². The first kappa shape index (κ1) is 86.7. The number of rotatable bonds is 20. The molecule has 1 saturated heterocycles. The second-order valence-electron chi connectivity index (χ2n) is 36.3.